The van der Waals surface area contributed by atoms with Gasteiger partial charge in [0.05, 0.1) is 5.41 Å². The molecule has 1 amide bonds. The zero-order valence-electron chi connectivity index (χ0n) is 11.2. The number of hydrogen-bond acceptors (Lipinski definition) is 2. The van der Waals surface area contributed by atoms with Gasteiger partial charge in [0.15, 0.2) is 0 Å². The van der Waals surface area contributed by atoms with Gasteiger partial charge in [0.1, 0.15) is 5.82 Å². The quantitative estimate of drug-likeness (QED) is 0.826. The van der Waals surface area contributed by atoms with Crippen molar-refractivity contribution in [2.45, 2.75) is 31.6 Å². The molecule has 0 heterocycles. The number of nitrogens with one attached hydrogen (secondary N) is 1. The average Bonchev–Trinajstić information content (AvgIpc) is 3.18. The summed E-state index contributed by atoms with van der Waals surface area (Å²) in [5.41, 5.74) is 0.237. The molecule has 1 aliphatic carbocycles. The van der Waals surface area contributed by atoms with E-state index in [-0.39, 0.29) is 24.2 Å². The van der Waals surface area contributed by atoms with Crippen LogP contribution in [0.1, 0.15) is 31.7 Å². The minimum absolute atomic E-state index is 0.0251. The summed E-state index contributed by atoms with van der Waals surface area (Å²) in [6.45, 7) is 2.67. The van der Waals surface area contributed by atoms with Crippen molar-refractivity contribution in [3.63, 3.8) is 0 Å². The number of carbonyl (C=O) groups is 1. The molecular formula is C15H20FNO2. The minimum atomic E-state index is -0.527. The molecule has 1 aromatic carbocycles. The molecule has 1 fully saturated rings. The predicted octanol–water partition coefficient (Wildman–Crippen LogP) is 1.99. The third-order valence-electron chi connectivity index (χ3n) is 3.79. The molecule has 4 heteroatoms. The van der Waals surface area contributed by atoms with Gasteiger partial charge in [0, 0.05) is 13.2 Å². The molecular weight excluding hydrogens is 245 g/mol. The summed E-state index contributed by atoms with van der Waals surface area (Å²) in [7, 11) is 0. The van der Waals surface area contributed by atoms with Gasteiger partial charge in [-0.1, -0.05) is 19.1 Å². The zero-order chi connectivity index (χ0) is 13.9. The number of hydrogen-bond donors (Lipinski definition) is 2. The standard InChI is InChI=1S/C15H20FNO2/c1-11(5-8-18)10-17-14(19)15(6-7-15)12-3-2-4-13(16)9-12/h2-4,9,11,18H,5-8,10H2,1H3,(H,17,19). The lowest BCUT2D eigenvalue weighted by Crippen LogP contribution is -2.37. The molecule has 0 aromatic heterocycles. The van der Waals surface area contributed by atoms with Gasteiger partial charge < -0.3 is 10.4 Å². The van der Waals surface area contributed by atoms with Gasteiger partial charge in [-0.15, -0.1) is 0 Å². The van der Waals surface area contributed by atoms with Crippen LogP contribution in [0.2, 0.25) is 0 Å². The van der Waals surface area contributed by atoms with Crippen molar-refractivity contribution >= 4 is 5.91 Å². The highest BCUT2D eigenvalue weighted by atomic mass is 19.1. The van der Waals surface area contributed by atoms with Gasteiger partial charge in [-0.2, -0.15) is 0 Å². The maximum Gasteiger partial charge on any atom is 0.230 e. The maximum atomic E-state index is 13.2. The van der Waals surface area contributed by atoms with E-state index < -0.39 is 5.41 Å². The first-order valence-electron chi connectivity index (χ1n) is 6.74. The summed E-state index contributed by atoms with van der Waals surface area (Å²) in [5, 5.41) is 11.7. The minimum Gasteiger partial charge on any atom is -0.396 e. The van der Waals surface area contributed by atoms with Crippen LogP contribution in [0.5, 0.6) is 0 Å². The molecule has 1 saturated carbocycles. The lowest BCUT2D eigenvalue weighted by Gasteiger charge is -2.18. The second-order valence-corrected chi connectivity index (χ2v) is 5.42. The first kappa shape index (κ1) is 14.0. The SMILES string of the molecule is CC(CCO)CNC(=O)C1(c2cccc(F)c2)CC1. The molecule has 0 saturated heterocycles. The molecule has 3 nitrogen and oxygen atoms in total. The van der Waals surface area contributed by atoms with Crippen molar-refractivity contribution in [2.75, 3.05) is 13.2 Å². The van der Waals surface area contributed by atoms with Crippen LogP contribution < -0.4 is 5.32 Å². The van der Waals surface area contributed by atoms with Gasteiger partial charge in [-0.3, -0.25) is 4.79 Å². The van der Waals surface area contributed by atoms with E-state index in [2.05, 4.69) is 5.32 Å². The van der Waals surface area contributed by atoms with E-state index in [0.717, 1.165) is 18.4 Å². The number of carbonyl (C=O) groups excluding carboxylic acids is 1. The van der Waals surface area contributed by atoms with Crippen molar-refractivity contribution in [3.05, 3.63) is 35.6 Å². The van der Waals surface area contributed by atoms with Crippen molar-refractivity contribution in [3.8, 4) is 0 Å². The monoisotopic (exact) mass is 265 g/mol. The summed E-state index contributed by atoms with van der Waals surface area (Å²) in [5.74, 6) is -0.0784. The molecule has 19 heavy (non-hydrogen) atoms. The van der Waals surface area contributed by atoms with E-state index in [1.165, 1.54) is 12.1 Å². The van der Waals surface area contributed by atoms with Gasteiger partial charge >= 0.3 is 0 Å². The zero-order valence-corrected chi connectivity index (χ0v) is 11.2. The fraction of sp³-hybridized carbons (Fsp3) is 0.533. The Bertz CT molecular complexity index is 457. The van der Waals surface area contributed by atoms with E-state index >= 15 is 0 Å². The average molecular weight is 265 g/mol. The molecule has 104 valence electrons. The highest BCUT2D eigenvalue weighted by Gasteiger charge is 2.51. The van der Waals surface area contributed by atoms with Crippen LogP contribution in [-0.2, 0) is 10.2 Å². The number of halogens is 1. The van der Waals surface area contributed by atoms with Crippen molar-refractivity contribution in [2.24, 2.45) is 5.92 Å². The van der Waals surface area contributed by atoms with Crippen LogP contribution in [0.3, 0.4) is 0 Å². The molecule has 2 rings (SSSR count). The largest absolute Gasteiger partial charge is 0.396 e. The van der Waals surface area contributed by atoms with E-state index in [1.54, 1.807) is 6.07 Å². The second kappa shape index (κ2) is 5.70. The highest BCUT2D eigenvalue weighted by molar-refractivity contribution is 5.91. The van der Waals surface area contributed by atoms with Crippen LogP contribution >= 0.6 is 0 Å². The van der Waals surface area contributed by atoms with E-state index in [9.17, 15) is 9.18 Å². The number of rotatable bonds is 6. The summed E-state index contributed by atoms with van der Waals surface area (Å²) in [4.78, 5) is 12.3. The van der Waals surface area contributed by atoms with Crippen molar-refractivity contribution in [1.82, 2.24) is 5.32 Å². The number of aliphatic hydroxyl groups excluding tert-OH is 1. The van der Waals surface area contributed by atoms with Gasteiger partial charge in [0.2, 0.25) is 5.91 Å². The van der Waals surface area contributed by atoms with Crippen molar-refractivity contribution in [1.29, 1.82) is 0 Å². The second-order valence-electron chi connectivity index (χ2n) is 5.42. The number of aliphatic hydroxyl groups is 1. The van der Waals surface area contributed by atoms with Gasteiger partial charge in [0.25, 0.3) is 0 Å². The lowest BCUT2D eigenvalue weighted by molar-refractivity contribution is -0.123. The lowest BCUT2D eigenvalue weighted by atomic mass is 9.94. The van der Waals surface area contributed by atoms with Crippen LogP contribution in [0.15, 0.2) is 24.3 Å². The third-order valence-corrected chi connectivity index (χ3v) is 3.79. The van der Waals surface area contributed by atoms with Gasteiger partial charge in [-0.05, 0) is 42.9 Å². The summed E-state index contributed by atoms with van der Waals surface area (Å²) < 4.78 is 13.2. The van der Waals surface area contributed by atoms with E-state index in [1.807, 2.05) is 13.0 Å². The molecule has 1 aromatic rings. The van der Waals surface area contributed by atoms with Crippen LogP contribution in [0.4, 0.5) is 4.39 Å². The fourth-order valence-corrected chi connectivity index (χ4v) is 2.32. The highest BCUT2D eigenvalue weighted by Crippen LogP contribution is 2.48. The molecule has 2 N–H and O–H groups in total. The first-order chi connectivity index (χ1) is 9.08. The molecule has 0 radical (unpaired) electrons. The van der Waals surface area contributed by atoms with Gasteiger partial charge in [-0.25, -0.2) is 4.39 Å². The Kier molecular flexibility index (Phi) is 4.20. The molecule has 1 atom stereocenters. The van der Waals surface area contributed by atoms with E-state index in [0.29, 0.717) is 13.0 Å². The first-order valence-corrected chi connectivity index (χ1v) is 6.74. The fourth-order valence-electron chi connectivity index (χ4n) is 2.32. The number of amides is 1. The topological polar surface area (TPSA) is 49.3 Å². The molecule has 0 spiro atoms. The smallest absolute Gasteiger partial charge is 0.230 e. The summed E-state index contributed by atoms with van der Waals surface area (Å²) >= 11 is 0. The molecule has 0 aliphatic heterocycles. The summed E-state index contributed by atoms with van der Waals surface area (Å²) in [6.07, 6.45) is 2.22. The van der Waals surface area contributed by atoms with Crippen LogP contribution in [0, 0.1) is 11.7 Å². The Morgan fingerprint density at radius 3 is 2.84 bits per heavy atom. The maximum absolute atomic E-state index is 13.2. The molecule has 1 aliphatic rings. The van der Waals surface area contributed by atoms with Crippen LogP contribution in [0.25, 0.3) is 0 Å². The Balaban J connectivity index is 1.99. The van der Waals surface area contributed by atoms with Crippen LogP contribution in [-0.4, -0.2) is 24.2 Å². The predicted molar refractivity (Wildman–Crippen MR) is 71.2 cm³/mol. The Morgan fingerprint density at radius 2 is 2.26 bits per heavy atom. The molecule has 0 bridgehead atoms. The Hall–Kier alpha value is -1.42. The Morgan fingerprint density at radius 1 is 1.53 bits per heavy atom. The Labute approximate surface area is 112 Å². The normalized spacial score (nSPS) is 17.8. The van der Waals surface area contributed by atoms with E-state index in [4.69, 9.17) is 5.11 Å². The summed E-state index contributed by atoms with van der Waals surface area (Å²) in [6, 6.07) is 6.30. The third kappa shape index (κ3) is 3.13. The van der Waals surface area contributed by atoms with Crippen molar-refractivity contribution < 1.29 is 14.3 Å². The number of benzene rings is 1. The molecule has 1 unspecified atom stereocenters.